The summed E-state index contributed by atoms with van der Waals surface area (Å²) in [5, 5.41) is 40.1. The molecular formula is C25H32O10. The van der Waals surface area contributed by atoms with Crippen molar-refractivity contribution >= 4 is 11.8 Å². The van der Waals surface area contributed by atoms with E-state index in [9.17, 15) is 30.0 Å². The molecule has 192 valence electrons. The van der Waals surface area contributed by atoms with Gasteiger partial charge in [0, 0.05) is 5.56 Å². The number of aliphatic hydroxyl groups is 4. The van der Waals surface area contributed by atoms with Crippen LogP contribution in [0.15, 0.2) is 35.2 Å². The minimum absolute atomic E-state index is 0.0999. The first-order chi connectivity index (χ1) is 16.7. The summed E-state index contributed by atoms with van der Waals surface area (Å²) >= 11 is 0. The third-order valence-electron chi connectivity index (χ3n) is 8.71. The SMILES string of the molecule is C[C@@]12C[C@@H](c3ccoc3)OC(=O)[C@@H]1CC[C@@]1(CO[C@@H]3O[C@H](CO)[C@@H](O)[C@H](O)[C@H]3O)C(=O)C=CC[C@H]12. The molecule has 10 heteroatoms. The number of hydrogen-bond donors (Lipinski definition) is 4. The van der Waals surface area contributed by atoms with E-state index < -0.39 is 54.2 Å². The number of hydrogen-bond acceptors (Lipinski definition) is 10. The molecule has 0 amide bonds. The molecule has 1 aromatic rings. The molecule has 4 aliphatic rings. The van der Waals surface area contributed by atoms with Crippen molar-refractivity contribution in [2.24, 2.45) is 22.7 Å². The van der Waals surface area contributed by atoms with Crippen molar-refractivity contribution < 1.29 is 48.6 Å². The number of carbonyl (C=O) groups is 2. The molecule has 10 nitrogen and oxygen atoms in total. The van der Waals surface area contributed by atoms with E-state index in [4.69, 9.17) is 18.6 Å². The molecular weight excluding hydrogens is 460 g/mol. The first-order valence-electron chi connectivity index (χ1n) is 12.1. The molecule has 0 spiro atoms. The van der Waals surface area contributed by atoms with E-state index in [0.29, 0.717) is 25.7 Å². The number of aliphatic hydroxyl groups excluding tert-OH is 4. The Morgan fingerprint density at radius 2 is 1.97 bits per heavy atom. The molecule has 3 heterocycles. The first kappa shape index (κ1) is 24.6. The average Bonchev–Trinajstić information content (AvgIpc) is 3.38. The van der Waals surface area contributed by atoms with Crippen LogP contribution in [0.4, 0.5) is 0 Å². The number of ketones is 1. The fourth-order valence-corrected chi connectivity index (χ4v) is 6.71. The van der Waals surface area contributed by atoms with Crippen LogP contribution in [0.25, 0.3) is 0 Å². The molecule has 2 aliphatic carbocycles. The van der Waals surface area contributed by atoms with Crippen molar-refractivity contribution in [2.45, 2.75) is 69.4 Å². The van der Waals surface area contributed by atoms with Crippen LogP contribution in [-0.2, 0) is 23.8 Å². The van der Waals surface area contributed by atoms with Gasteiger partial charge in [-0.05, 0) is 49.2 Å². The van der Waals surface area contributed by atoms with Crippen LogP contribution < -0.4 is 0 Å². The Morgan fingerprint density at radius 1 is 1.17 bits per heavy atom. The summed E-state index contributed by atoms with van der Waals surface area (Å²) < 4.78 is 22.4. The Bertz CT molecular complexity index is 973. The maximum atomic E-state index is 13.4. The van der Waals surface area contributed by atoms with Gasteiger partial charge in [-0.1, -0.05) is 13.0 Å². The maximum Gasteiger partial charge on any atom is 0.310 e. The number of furan rings is 1. The standard InChI is InChI=1S/C25H32O10/c1-24-9-15(13-6-8-32-11-13)34-22(31)14(24)5-7-25(17(24)3-2-4-18(25)27)12-33-23-21(30)20(29)19(28)16(10-26)35-23/h2,4,6,8,11,14-17,19-21,23,26,28-30H,3,5,7,9-10,12H2,1H3/t14-,15-,16+,17-,19+,20-,21+,23+,24+,25-/m0/s1. The van der Waals surface area contributed by atoms with Gasteiger partial charge in [0.05, 0.1) is 37.1 Å². The summed E-state index contributed by atoms with van der Waals surface area (Å²) in [5.41, 5.74) is -0.754. The summed E-state index contributed by atoms with van der Waals surface area (Å²) in [6, 6.07) is 1.77. The van der Waals surface area contributed by atoms with Crippen LogP contribution in [0.5, 0.6) is 0 Å². The molecule has 10 atom stereocenters. The normalized spacial score (nSPS) is 45.5. The van der Waals surface area contributed by atoms with Crippen LogP contribution in [0.1, 0.15) is 44.3 Å². The van der Waals surface area contributed by atoms with Crippen LogP contribution in [-0.4, -0.2) is 76.1 Å². The van der Waals surface area contributed by atoms with Gasteiger partial charge < -0.3 is 39.1 Å². The second-order valence-electron chi connectivity index (χ2n) is 10.5. The minimum Gasteiger partial charge on any atom is -0.472 e. The zero-order valence-electron chi connectivity index (χ0n) is 19.5. The quantitative estimate of drug-likeness (QED) is 0.430. The van der Waals surface area contributed by atoms with Crippen LogP contribution in [0, 0.1) is 22.7 Å². The number of allylic oxidation sites excluding steroid dienone is 2. The van der Waals surface area contributed by atoms with Crippen molar-refractivity contribution in [3.63, 3.8) is 0 Å². The summed E-state index contributed by atoms with van der Waals surface area (Å²) in [6.45, 7) is 1.36. The molecule has 0 aromatic carbocycles. The van der Waals surface area contributed by atoms with E-state index in [0.717, 1.165) is 5.56 Å². The van der Waals surface area contributed by atoms with Gasteiger partial charge in [0.25, 0.3) is 0 Å². The third-order valence-corrected chi connectivity index (χ3v) is 8.71. The highest BCUT2D eigenvalue weighted by Crippen LogP contribution is 2.63. The Labute approximate surface area is 202 Å². The zero-order chi connectivity index (χ0) is 25.0. The van der Waals surface area contributed by atoms with Gasteiger partial charge >= 0.3 is 5.97 Å². The van der Waals surface area contributed by atoms with E-state index in [1.54, 1.807) is 18.4 Å². The second kappa shape index (κ2) is 9.10. The molecule has 35 heavy (non-hydrogen) atoms. The van der Waals surface area contributed by atoms with Gasteiger partial charge in [-0.3, -0.25) is 9.59 Å². The van der Waals surface area contributed by atoms with Gasteiger partial charge in [0.2, 0.25) is 0 Å². The summed E-state index contributed by atoms with van der Waals surface area (Å²) in [4.78, 5) is 26.5. The Kier molecular flexibility index (Phi) is 6.40. The third kappa shape index (κ3) is 3.87. The molecule has 1 saturated carbocycles. The highest BCUT2D eigenvalue weighted by Gasteiger charge is 2.63. The Balaban J connectivity index is 1.42. The summed E-state index contributed by atoms with van der Waals surface area (Å²) in [5.74, 6) is -0.999. The van der Waals surface area contributed by atoms with E-state index >= 15 is 0 Å². The van der Waals surface area contributed by atoms with Crippen LogP contribution in [0.2, 0.25) is 0 Å². The largest absolute Gasteiger partial charge is 0.472 e. The predicted octanol–water partition coefficient (Wildman–Crippen LogP) is 0.632. The van der Waals surface area contributed by atoms with Gasteiger partial charge in [-0.25, -0.2) is 0 Å². The number of cyclic esters (lactones) is 1. The number of esters is 1. The highest BCUT2D eigenvalue weighted by molar-refractivity contribution is 5.96. The van der Waals surface area contributed by atoms with E-state index in [1.165, 1.54) is 6.26 Å². The predicted molar refractivity (Wildman–Crippen MR) is 117 cm³/mol. The molecule has 3 fully saturated rings. The Morgan fingerprint density at radius 3 is 2.69 bits per heavy atom. The fourth-order valence-electron chi connectivity index (χ4n) is 6.71. The van der Waals surface area contributed by atoms with Gasteiger partial charge in [-0.2, -0.15) is 0 Å². The van der Waals surface area contributed by atoms with Crippen molar-refractivity contribution in [3.8, 4) is 0 Å². The van der Waals surface area contributed by atoms with Gasteiger partial charge in [0.15, 0.2) is 12.1 Å². The molecule has 4 N–H and O–H groups in total. The van der Waals surface area contributed by atoms with Crippen molar-refractivity contribution in [1.82, 2.24) is 0 Å². The van der Waals surface area contributed by atoms with Crippen molar-refractivity contribution in [2.75, 3.05) is 13.2 Å². The topological polar surface area (TPSA) is 156 Å². The average molecular weight is 493 g/mol. The lowest BCUT2D eigenvalue weighted by molar-refractivity contribution is -0.309. The first-order valence-corrected chi connectivity index (χ1v) is 12.1. The maximum absolute atomic E-state index is 13.4. The number of carbonyl (C=O) groups excluding carboxylic acids is 2. The number of fused-ring (bicyclic) bond motifs is 3. The lowest BCUT2D eigenvalue weighted by Crippen LogP contribution is -2.62. The van der Waals surface area contributed by atoms with Crippen LogP contribution >= 0.6 is 0 Å². The van der Waals surface area contributed by atoms with Gasteiger partial charge in [-0.15, -0.1) is 0 Å². The monoisotopic (exact) mass is 492 g/mol. The molecule has 0 radical (unpaired) electrons. The minimum atomic E-state index is -1.57. The van der Waals surface area contributed by atoms with Crippen molar-refractivity contribution in [1.29, 1.82) is 0 Å². The number of ether oxygens (including phenoxy) is 3. The molecule has 0 bridgehead atoms. The van der Waals surface area contributed by atoms with Gasteiger partial charge in [0.1, 0.15) is 30.5 Å². The summed E-state index contributed by atoms with van der Waals surface area (Å²) in [6.07, 6.45) is 0.862. The smallest absolute Gasteiger partial charge is 0.310 e. The molecule has 2 saturated heterocycles. The molecule has 2 aliphatic heterocycles. The second-order valence-corrected chi connectivity index (χ2v) is 10.5. The molecule has 0 unspecified atom stereocenters. The fraction of sp³-hybridized carbons (Fsp3) is 0.680. The van der Waals surface area contributed by atoms with Crippen molar-refractivity contribution in [3.05, 3.63) is 36.3 Å². The zero-order valence-corrected chi connectivity index (χ0v) is 19.5. The lowest BCUT2D eigenvalue weighted by atomic mass is 9.46. The summed E-state index contributed by atoms with van der Waals surface area (Å²) in [7, 11) is 0. The number of rotatable bonds is 5. The van der Waals surface area contributed by atoms with E-state index in [2.05, 4.69) is 0 Å². The molecule has 5 rings (SSSR count). The van der Waals surface area contributed by atoms with E-state index in [-0.39, 0.29) is 30.2 Å². The Hall–Kier alpha value is -2.08. The van der Waals surface area contributed by atoms with E-state index in [1.807, 2.05) is 13.0 Å². The van der Waals surface area contributed by atoms with Crippen LogP contribution in [0.3, 0.4) is 0 Å². The highest BCUT2D eigenvalue weighted by atomic mass is 16.7. The molecule has 1 aromatic heterocycles. The lowest BCUT2D eigenvalue weighted by Gasteiger charge is -2.58.